The van der Waals surface area contributed by atoms with E-state index in [9.17, 15) is 5.26 Å². The van der Waals surface area contributed by atoms with Gasteiger partial charge in [-0.05, 0) is 43.4 Å². The van der Waals surface area contributed by atoms with E-state index in [1.165, 1.54) is 0 Å². The van der Waals surface area contributed by atoms with E-state index >= 15 is 0 Å². The topological polar surface area (TPSA) is 42.2 Å². The Hall–Kier alpha value is -2.35. The van der Waals surface area contributed by atoms with Crippen molar-refractivity contribution in [3.05, 3.63) is 71.8 Å². The Morgan fingerprint density at radius 2 is 1.75 bits per heavy atom. The van der Waals surface area contributed by atoms with Crippen LogP contribution in [0.5, 0.6) is 5.75 Å². The molecule has 0 saturated carbocycles. The summed E-state index contributed by atoms with van der Waals surface area (Å²) in [5.41, 5.74) is 0.674. The van der Waals surface area contributed by atoms with E-state index in [1.807, 2.05) is 66.7 Å². The van der Waals surface area contributed by atoms with Crippen LogP contribution in [0.3, 0.4) is 0 Å². The van der Waals surface area contributed by atoms with Crippen molar-refractivity contribution in [2.24, 2.45) is 0 Å². The van der Waals surface area contributed by atoms with E-state index in [2.05, 4.69) is 25.7 Å². The molecule has 3 nitrogen and oxygen atoms in total. The number of hydrogen-bond acceptors (Lipinski definition) is 3. The summed E-state index contributed by atoms with van der Waals surface area (Å²) in [6.45, 7) is 6.24. The van der Waals surface area contributed by atoms with Gasteiger partial charge < -0.3 is 9.16 Å². The average molecular weight is 337 g/mol. The third-order valence-corrected chi connectivity index (χ3v) is 4.38. The third kappa shape index (κ3) is 4.57. The van der Waals surface area contributed by atoms with Gasteiger partial charge >= 0.3 is 0 Å². The van der Waals surface area contributed by atoms with Crippen LogP contribution in [0, 0.1) is 11.3 Å². The Morgan fingerprint density at radius 1 is 1.04 bits per heavy atom. The summed E-state index contributed by atoms with van der Waals surface area (Å²) < 4.78 is 11.6. The van der Waals surface area contributed by atoms with Crippen molar-refractivity contribution in [1.82, 2.24) is 0 Å². The molecule has 0 aliphatic heterocycles. The van der Waals surface area contributed by atoms with Crippen molar-refractivity contribution < 1.29 is 9.16 Å². The van der Waals surface area contributed by atoms with Gasteiger partial charge in [-0.2, -0.15) is 5.26 Å². The highest BCUT2D eigenvalue weighted by molar-refractivity contribution is 6.69. The Kier molecular flexibility index (Phi) is 5.61. The molecule has 0 heterocycles. The number of ether oxygens (including phenoxy) is 1. The van der Waals surface area contributed by atoms with E-state index in [0.29, 0.717) is 5.75 Å². The fraction of sp³-hybridized carbons (Fsp3) is 0.250. The second-order valence-corrected chi connectivity index (χ2v) is 11.0. The smallest absolute Gasteiger partial charge is 0.189 e. The van der Waals surface area contributed by atoms with Gasteiger partial charge in [0.25, 0.3) is 0 Å². The highest BCUT2D eigenvalue weighted by Crippen LogP contribution is 2.33. The van der Waals surface area contributed by atoms with Gasteiger partial charge in [-0.1, -0.05) is 48.5 Å². The molecule has 24 heavy (non-hydrogen) atoms. The van der Waals surface area contributed by atoms with Crippen molar-refractivity contribution >= 4 is 14.4 Å². The molecule has 2 aromatic carbocycles. The maximum Gasteiger partial charge on any atom is 0.189 e. The molecule has 0 radical (unpaired) electrons. The van der Waals surface area contributed by atoms with Crippen molar-refractivity contribution in [3.63, 3.8) is 0 Å². The molecule has 124 valence electrons. The molecule has 2 rings (SSSR count). The zero-order chi connectivity index (χ0) is 17.6. The quantitative estimate of drug-likeness (QED) is 0.698. The maximum absolute atomic E-state index is 9.99. The van der Waals surface area contributed by atoms with Gasteiger partial charge in [-0.25, -0.2) is 0 Å². The van der Waals surface area contributed by atoms with Crippen molar-refractivity contribution in [1.29, 1.82) is 5.26 Å². The Morgan fingerprint density at radius 3 is 2.33 bits per heavy atom. The molecule has 4 heteroatoms. The van der Waals surface area contributed by atoms with Gasteiger partial charge in [0.2, 0.25) is 0 Å². The predicted octanol–water partition coefficient (Wildman–Crippen LogP) is 4.98. The van der Waals surface area contributed by atoms with Gasteiger partial charge in [0.1, 0.15) is 11.8 Å². The fourth-order valence-corrected chi connectivity index (χ4v) is 3.63. The van der Waals surface area contributed by atoms with Gasteiger partial charge in [-0.15, -0.1) is 0 Å². The molecular formula is C20H23NO2Si. The summed E-state index contributed by atoms with van der Waals surface area (Å²) in [6, 6.07) is 19.8. The Labute approximate surface area is 145 Å². The van der Waals surface area contributed by atoms with Crippen LogP contribution >= 0.6 is 0 Å². The fourth-order valence-electron chi connectivity index (χ4n) is 2.43. The van der Waals surface area contributed by atoms with Crippen LogP contribution in [0.1, 0.15) is 11.1 Å². The lowest BCUT2D eigenvalue weighted by molar-refractivity contribution is 0.173. The van der Waals surface area contributed by atoms with Gasteiger partial charge in [0, 0.05) is 5.56 Å². The van der Waals surface area contributed by atoms with Crippen LogP contribution in [0.4, 0.5) is 0 Å². The third-order valence-electron chi connectivity index (χ3n) is 3.44. The van der Waals surface area contributed by atoms with E-state index in [1.54, 1.807) is 7.11 Å². The Balaban J connectivity index is 2.51. The molecule has 0 aliphatic rings. The van der Waals surface area contributed by atoms with Crippen LogP contribution in [0.2, 0.25) is 19.6 Å². The lowest BCUT2D eigenvalue weighted by atomic mass is 9.94. The van der Waals surface area contributed by atoms with Crippen LogP contribution in [-0.4, -0.2) is 15.4 Å². The standard InChI is InChI=1S/C20H23NO2Si/c1-22-19-12-8-11-18(15-19)20(16-21,23-24(2,3)4)14-13-17-9-6-5-7-10-17/h5-15H,1-4H3/b14-13+. The largest absolute Gasteiger partial charge is 0.497 e. The van der Waals surface area contributed by atoms with Gasteiger partial charge in [-0.3, -0.25) is 0 Å². The normalized spacial score (nSPS) is 14.1. The molecule has 0 spiro atoms. The highest BCUT2D eigenvalue weighted by Gasteiger charge is 2.36. The van der Waals surface area contributed by atoms with Crippen LogP contribution in [0.25, 0.3) is 6.08 Å². The molecule has 2 aromatic rings. The lowest BCUT2D eigenvalue weighted by Gasteiger charge is -2.32. The lowest BCUT2D eigenvalue weighted by Crippen LogP contribution is -2.38. The first kappa shape index (κ1) is 18.0. The first-order valence-corrected chi connectivity index (χ1v) is 11.3. The number of benzene rings is 2. The number of methoxy groups -OCH3 is 1. The number of rotatable bonds is 6. The minimum Gasteiger partial charge on any atom is -0.497 e. The zero-order valence-corrected chi connectivity index (χ0v) is 15.6. The molecular weight excluding hydrogens is 314 g/mol. The highest BCUT2D eigenvalue weighted by atomic mass is 28.4. The number of nitrogens with zero attached hydrogens (tertiary/aromatic N) is 1. The zero-order valence-electron chi connectivity index (χ0n) is 14.6. The summed E-state index contributed by atoms with van der Waals surface area (Å²) in [6.07, 6.45) is 3.78. The second kappa shape index (κ2) is 7.48. The summed E-state index contributed by atoms with van der Waals surface area (Å²) in [4.78, 5) is 0. The number of hydrogen-bond donors (Lipinski definition) is 0. The molecule has 0 saturated heterocycles. The first-order valence-electron chi connectivity index (χ1n) is 7.89. The van der Waals surface area contributed by atoms with Gasteiger partial charge in [0.15, 0.2) is 13.9 Å². The molecule has 0 aliphatic carbocycles. The average Bonchev–Trinajstić information content (AvgIpc) is 2.58. The molecule has 1 atom stereocenters. The summed E-state index contributed by atoms with van der Waals surface area (Å²) >= 11 is 0. The van der Waals surface area contributed by atoms with Crippen molar-refractivity contribution in [2.75, 3.05) is 7.11 Å². The molecule has 1 unspecified atom stereocenters. The molecule has 0 aromatic heterocycles. The summed E-state index contributed by atoms with van der Waals surface area (Å²) in [5, 5.41) is 9.99. The summed E-state index contributed by atoms with van der Waals surface area (Å²) in [7, 11) is -0.359. The maximum atomic E-state index is 9.99. The van der Waals surface area contributed by atoms with E-state index < -0.39 is 13.9 Å². The molecule has 0 amide bonds. The van der Waals surface area contributed by atoms with Crippen molar-refractivity contribution in [3.8, 4) is 11.8 Å². The number of nitriles is 1. The van der Waals surface area contributed by atoms with Gasteiger partial charge in [0.05, 0.1) is 7.11 Å². The van der Waals surface area contributed by atoms with Crippen LogP contribution in [-0.2, 0) is 10.0 Å². The van der Waals surface area contributed by atoms with Crippen LogP contribution in [0.15, 0.2) is 60.7 Å². The SMILES string of the molecule is COc1cccc(C(C#N)(/C=C/c2ccccc2)O[Si](C)(C)C)c1. The van der Waals surface area contributed by atoms with Crippen molar-refractivity contribution in [2.45, 2.75) is 25.2 Å². The van der Waals surface area contributed by atoms with E-state index in [0.717, 1.165) is 11.1 Å². The minimum atomic E-state index is -1.98. The second-order valence-electron chi connectivity index (χ2n) is 6.54. The van der Waals surface area contributed by atoms with Crippen LogP contribution < -0.4 is 4.74 Å². The van der Waals surface area contributed by atoms with E-state index in [4.69, 9.17) is 9.16 Å². The summed E-state index contributed by atoms with van der Waals surface area (Å²) in [5.74, 6) is 0.708. The Bertz CT molecular complexity index is 744. The van der Waals surface area contributed by atoms with E-state index in [-0.39, 0.29) is 0 Å². The monoisotopic (exact) mass is 337 g/mol. The minimum absolute atomic E-state index is 0.708. The first-order chi connectivity index (χ1) is 11.4. The molecule has 0 N–H and O–H groups in total. The molecule has 0 bridgehead atoms. The molecule has 0 fully saturated rings. The predicted molar refractivity (Wildman–Crippen MR) is 100 cm³/mol.